The van der Waals surface area contributed by atoms with E-state index in [9.17, 15) is 10.2 Å². The fraction of sp³-hybridized carbons (Fsp3) is 0.200. The topological polar surface area (TPSA) is 40.5 Å². The minimum absolute atomic E-state index is 0.145. The minimum atomic E-state index is -1.05. The van der Waals surface area contributed by atoms with Gasteiger partial charge in [0.25, 0.3) is 0 Å². The molecule has 2 nitrogen and oxygen atoms in total. The smallest absolute Gasteiger partial charge is 0.129 e. The summed E-state index contributed by atoms with van der Waals surface area (Å²) in [5.41, 5.74) is 1.18. The highest BCUT2D eigenvalue weighted by Crippen LogP contribution is 2.36. The molecule has 0 aliphatic carbocycles. The van der Waals surface area contributed by atoms with Crippen LogP contribution in [-0.2, 0) is 5.60 Å². The van der Waals surface area contributed by atoms with Crippen LogP contribution in [0.25, 0.3) is 11.1 Å². The molecule has 0 aromatic heterocycles. The molecule has 0 aliphatic heterocycles. The quantitative estimate of drug-likeness (QED) is 0.828. The maximum atomic E-state index is 10.2. The van der Waals surface area contributed by atoms with Gasteiger partial charge in [-0.15, -0.1) is 0 Å². The summed E-state index contributed by atoms with van der Waals surface area (Å²) in [5, 5.41) is 20.2. The van der Waals surface area contributed by atoms with Gasteiger partial charge in [-0.05, 0) is 19.4 Å². The monoisotopic (exact) mass is 228 g/mol. The molecule has 88 valence electrons. The second-order valence-electron chi connectivity index (χ2n) is 4.63. The Morgan fingerprint density at radius 2 is 1.53 bits per heavy atom. The summed E-state index contributed by atoms with van der Waals surface area (Å²) in [6.07, 6.45) is 0. The summed E-state index contributed by atoms with van der Waals surface area (Å²) in [7, 11) is 0. The first-order valence-corrected chi connectivity index (χ1v) is 5.60. The SMILES string of the molecule is CC(C)(O)c1cccc(-c2ccccc2)c1O. The summed E-state index contributed by atoms with van der Waals surface area (Å²) >= 11 is 0. The van der Waals surface area contributed by atoms with Crippen LogP contribution in [-0.4, -0.2) is 10.2 Å². The van der Waals surface area contributed by atoms with Crippen molar-refractivity contribution in [3.8, 4) is 16.9 Å². The number of para-hydroxylation sites is 1. The Hall–Kier alpha value is -1.80. The van der Waals surface area contributed by atoms with Crippen LogP contribution >= 0.6 is 0 Å². The van der Waals surface area contributed by atoms with E-state index in [1.165, 1.54) is 0 Å². The molecule has 2 aromatic carbocycles. The predicted octanol–water partition coefficient (Wildman–Crippen LogP) is 3.29. The number of rotatable bonds is 2. The van der Waals surface area contributed by atoms with Crippen LogP contribution in [0, 0.1) is 0 Å². The van der Waals surface area contributed by atoms with Gasteiger partial charge in [-0.25, -0.2) is 0 Å². The molecule has 0 heterocycles. The third-order valence-electron chi connectivity index (χ3n) is 2.78. The van der Waals surface area contributed by atoms with Crippen molar-refractivity contribution < 1.29 is 10.2 Å². The number of aromatic hydroxyl groups is 1. The lowest BCUT2D eigenvalue weighted by molar-refractivity contribution is 0.0759. The maximum absolute atomic E-state index is 10.2. The molecule has 0 bridgehead atoms. The number of hydrogen-bond acceptors (Lipinski definition) is 2. The summed E-state index contributed by atoms with van der Waals surface area (Å²) in [6.45, 7) is 3.33. The molecular formula is C15H16O2. The Bertz CT molecular complexity index is 510. The summed E-state index contributed by atoms with van der Waals surface area (Å²) in [5.74, 6) is 0.145. The van der Waals surface area contributed by atoms with Crippen molar-refractivity contribution in [3.63, 3.8) is 0 Å². The number of phenols is 1. The van der Waals surface area contributed by atoms with Crippen molar-refractivity contribution in [2.45, 2.75) is 19.4 Å². The van der Waals surface area contributed by atoms with Gasteiger partial charge in [0.1, 0.15) is 5.75 Å². The maximum Gasteiger partial charge on any atom is 0.129 e. The van der Waals surface area contributed by atoms with Crippen molar-refractivity contribution in [3.05, 3.63) is 54.1 Å². The van der Waals surface area contributed by atoms with Gasteiger partial charge in [-0.1, -0.05) is 48.5 Å². The van der Waals surface area contributed by atoms with Crippen LogP contribution in [0.2, 0.25) is 0 Å². The van der Waals surface area contributed by atoms with E-state index in [1.54, 1.807) is 19.9 Å². The highest BCUT2D eigenvalue weighted by molar-refractivity contribution is 5.72. The molecule has 0 atom stereocenters. The van der Waals surface area contributed by atoms with Gasteiger partial charge in [0, 0.05) is 11.1 Å². The minimum Gasteiger partial charge on any atom is -0.507 e. The summed E-state index contributed by atoms with van der Waals surface area (Å²) in [6, 6.07) is 15.1. The Kier molecular flexibility index (Phi) is 2.90. The lowest BCUT2D eigenvalue weighted by atomic mass is 9.93. The first-order valence-electron chi connectivity index (χ1n) is 5.60. The lowest BCUT2D eigenvalue weighted by Crippen LogP contribution is -2.15. The molecule has 0 saturated carbocycles. The van der Waals surface area contributed by atoms with E-state index in [2.05, 4.69) is 0 Å². The first-order chi connectivity index (χ1) is 8.00. The van der Waals surface area contributed by atoms with Gasteiger partial charge in [-0.3, -0.25) is 0 Å². The van der Waals surface area contributed by atoms with Crippen molar-refractivity contribution in [1.82, 2.24) is 0 Å². The zero-order chi connectivity index (χ0) is 12.5. The first kappa shape index (κ1) is 11.7. The zero-order valence-corrected chi connectivity index (χ0v) is 10.0. The van der Waals surface area contributed by atoms with Crippen molar-refractivity contribution in [2.24, 2.45) is 0 Å². The van der Waals surface area contributed by atoms with E-state index in [0.29, 0.717) is 5.56 Å². The molecule has 17 heavy (non-hydrogen) atoms. The van der Waals surface area contributed by atoms with E-state index >= 15 is 0 Å². The Morgan fingerprint density at radius 3 is 2.12 bits per heavy atom. The van der Waals surface area contributed by atoms with Crippen LogP contribution in [0.4, 0.5) is 0 Å². The number of aliphatic hydroxyl groups is 1. The Morgan fingerprint density at radius 1 is 0.882 bits per heavy atom. The fourth-order valence-electron chi connectivity index (χ4n) is 1.89. The molecule has 2 rings (SSSR count). The molecule has 0 radical (unpaired) electrons. The Labute approximate surface area is 101 Å². The van der Waals surface area contributed by atoms with Crippen LogP contribution in [0.5, 0.6) is 5.75 Å². The third kappa shape index (κ3) is 2.32. The Balaban J connectivity index is 2.58. The molecule has 0 amide bonds. The van der Waals surface area contributed by atoms with Crippen LogP contribution in [0.1, 0.15) is 19.4 Å². The summed E-state index contributed by atoms with van der Waals surface area (Å²) < 4.78 is 0. The average molecular weight is 228 g/mol. The normalized spacial score (nSPS) is 11.5. The van der Waals surface area contributed by atoms with Crippen molar-refractivity contribution >= 4 is 0 Å². The van der Waals surface area contributed by atoms with Gasteiger partial charge in [0.15, 0.2) is 0 Å². The molecule has 0 aliphatic rings. The van der Waals surface area contributed by atoms with E-state index in [4.69, 9.17) is 0 Å². The third-order valence-corrected chi connectivity index (χ3v) is 2.78. The molecule has 2 heteroatoms. The standard InChI is InChI=1S/C15H16O2/c1-15(2,17)13-10-6-9-12(14(13)16)11-7-4-3-5-8-11/h3-10,16-17H,1-2H3. The molecular weight excluding hydrogens is 212 g/mol. The highest BCUT2D eigenvalue weighted by Gasteiger charge is 2.21. The average Bonchev–Trinajstić information content (AvgIpc) is 2.29. The number of phenolic OH excluding ortho intramolecular Hbond substituents is 1. The van der Waals surface area contributed by atoms with E-state index in [-0.39, 0.29) is 5.75 Å². The molecule has 0 fully saturated rings. The van der Waals surface area contributed by atoms with Crippen LogP contribution in [0.3, 0.4) is 0 Å². The second-order valence-corrected chi connectivity index (χ2v) is 4.63. The van der Waals surface area contributed by atoms with Gasteiger partial charge >= 0.3 is 0 Å². The highest BCUT2D eigenvalue weighted by atomic mass is 16.3. The van der Waals surface area contributed by atoms with Crippen molar-refractivity contribution in [2.75, 3.05) is 0 Å². The second kappa shape index (κ2) is 4.22. The predicted molar refractivity (Wildman–Crippen MR) is 68.8 cm³/mol. The summed E-state index contributed by atoms with van der Waals surface area (Å²) in [4.78, 5) is 0. The zero-order valence-electron chi connectivity index (χ0n) is 10.0. The van der Waals surface area contributed by atoms with Crippen LogP contribution < -0.4 is 0 Å². The molecule has 0 saturated heterocycles. The van der Waals surface area contributed by atoms with E-state index in [0.717, 1.165) is 11.1 Å². The van der Waals surface area contributed by atoms with Crippen molar-refractivity contribution in [1.29, 1.82) is 0 Å². The van der Waals surface area contributed by atoms with Gasteiger partial charge in [0.2, 0.25) is 0 Å². The molecule has 2 N–H and O–H groups in total. The van der Waals surface area contributed by atoms with E-state index < -0.39 is 5.60 Å². The van der Waals surface area contributed by atoms with Crippen LogP contribution in [0.15, 0.2) is 48.5 Å². The van der Waals surface area contributed by atoms with E-state index in [1.807, 2.05) is 42.5 Å². The molecule has 0 unspecified atom stereocenters. The largest absolute Gasteiger partial charge is 0.507 e. The van der Waals surface area contributed by atoms with Gasteiger partial charge in [0.05, 0.1) is 5.60 Å². The number of hydrogen-bond donors (Lipinski definition) is 2. The lowest BCUT2D eigenvalue weighted by Gasteiger charge is -2.20. The number of benzene rings is 2. The molecule has 2 aromatic rings. The van der Waals surface area contributed by atoms with Gasteiger partial charge in [-0.2, -0.15) is 0 Å². The van der Waals surface area contributed by atoms with Gasteiger partial charge < -0.3 is 10.2 Å². The fourth-order valence-corrected chi connectivity index (χ4v) is 1.89. The molecule has 0 spiro atoms.